The zero-order valence-electron chi connectivity index (χ0n) is 15.3. The highest BCUT2D eigenvalue weighted by Crippen LogP contribution is 2.28. The molecule has 25 heavy (non-hydrogen) atoms. The molecule has 0 radical (unpaired) electrons. The second kappa shape index (κ2) is 9.62. The Bertz CT molecular complexity index is 600. The monoisotopic (exact) mass is 338 g/mol. The van der Waals surface area contributed by atoms with Crippen LogP contribution in [0.3, 0.4) is 0 Å². The molecule has 0 N–H and O–H groups in total. The summed E-state index contributed by atoms with van der Waals surface area (Å²) >= 11 is 0. The van der Waals surface area contributed by atoms with E-state index in [1.54, 1.807) is 0 Å². The molecule has 0 heterocycles. The highest BCUT2D eigenvalue weighted by Gasteiger charge is 2.17. The van der Waals surface area contributed by atoms with E-state index >= 15 is 0 Å². The highest BCUT2D eigenvalue weighted by molar-refractivity contribution is 5.28. The Morgan fingerprint density at radius 2 is 1.64 bits per heavy atom. The summed E-state index contributed by atoms with van der Waals surface area (Å²) in [6.45, 7) is 2.92. The fraction of sp³-hybridized carbons (Fsp3) is 0.478. The van der Waals surface area contributed by atoms with Gasteiger partial charge in [0.25, 0.3) is 0 Å². The molecule has 0 spiro atoms. The molecule has 2 aromatic carbocycles. The largest absolute Gasteiger partial charge is 0.461 e. The quantitative estimate of drug-likeness (QED) is 0.525. The topological polar surface area (TPSA) is 18.5 Å². The Morgan fingerprint density at radius 1 is 0.920 bits per heavy atom. The van der Waals surface area contributed by atoms with Gasteiger partial charge in [-0.25, -0.2) is 0 Å². The van der Waals surface area contributed by atoms with Gasteiger partial charge >= 0.3 is 0 Å². The van der Waals surface area contributed by atoms with Crippen LogP contribution in [0.5, 0.6) is 5.75 Å². The van der Waals surface area contributed by atoms with Crippen molar-refractivity contribution in [3.63, 3.8) is 0 Å². The molecule has 2 aromatic rings. The van der Waals surface area contributed by atoms with Gasteiger partial charge in [0.2, 0.25) is 6.29 Å². The lowest BCUT2D eigenvalue weighted by Crippen LogP contribution is -2.15. The first-order chi connectivity index (χ1) is 12.3. The van der Waals surface area contributed by atoms with E-state index in [-0.39, 0.29) is 6.29 Å². The number of benzene rings is 2. The smallest absolute Gasteiger partial charge is 0.226 e. The lowest BCUT2D eigenvalue weighted by atomic mass is 9.87. The van der Waals surface area contributed by atoms with E-state index < -0.39 is 0 Å². The Morgan fingerprint density at radius 3 is 2.32 bits per heavy atom. The standard InChI is InChI=1S/C23H30O2/c1-2-19-13-15-22(16-14-19)25-23(21-11-7-4-8-12-21)24-18-17-20-9-5-3-6-10-20/h4,7-8,11-16,20,23H,2-3,5-6,9-10,17-18H2,1H3. The zero-order chi connectivity index (χ0) is 17.3. The molecule has 1 saturated carbocycles. The second-order valence-electron chi connectivity index (χ2n) is 7.02. The summed E-state index contributed by atoms with van der Waals surface area (Å²) in [5.74, 6) is 1.69. The Hall–Kier alpha value is -1.80. The van der Waals surface area contributed by atoms with Crippen LogP contribution in [0.2, 0.25) is 0 Å². The minimum absolute atomic E-state index is 0.336. The van der Waals surface area contributed by atoms with Crippen LogP contribution in [0.15, 0.2) is 54.6 Å². The van der Waals surface area contributed by atoms with Crippen LogP contribution >= 0.6 is 0 Å². The molecule has 1 unspecified atom stereocenters. The Labute approximate surface area is 152 Å². The van der Waals surface area contributed by atoms with Crippen molar-refractivity contribution in [1.29, 1.82) is 0 Å². The molecule has 1 aliphatic rings. The maximum atomic E-state index is 6.17. The fourth-order valence-electron chi connectivity index (χ4n) is 3.55. The van der Waals surface area contributed by atoms with E-state index in [4.69, 9.17) is 9.47 Å². The van der Waals surface area contributed by atoms with Gasteiger partial charge in [0, 0.05) is 5.56 Å². The Kier molecular flexibility index (Phi) is 6.93. The summed E-state index contributed by atoms with van der Waals surface area (Å²) in [5, 5.41) is 0. The first-order valence-electron chi connectivity index (χ1n) is 9.77. The van der Waals surface area contributed by atoms with E-state index in [0.717, 1.165) is 36.7 Å². The van der Waals surface area contributed by atoms with Crippen molar-refractivity contribution in [3.05, 3.63) is 65.7 Å². The molecule has 0 saturated heterocycles. The molecule has 1 aliphatic carbocycles. The van der Waals surface area contributed by atoms with Crippen molar-refractivity contribution in [2.45, 2.75) is 58.2 Å². The number of hydrogen-bond donors (Lipinski definition) is 0. The molecule has 134 valence electrons. The molecule has 0 bridgehead atoms. The first kappa shape index (κ1) is 18.0. The SMILES string of the molecule is CCc1ccc(OC(OCCC2CCCCC2)c2ccccc2)cc1. The van der Waals surface area contributed by atoms with Crippen molar-refractivity contribution in [2.75, 3.05) is 6.61 Å². The predicted molar refractivity (Wildman–Crippen MR) is 103 cm³/mol. The maximum absolute atomic E-state index is 6.17. The molecular formula is C23H30O2. The van der Waals surface area contributed by atoms with Crippen molar-refractivity contribution in [1.82, 2.24) is 0 Å². The summed E-state index contributed by atoms with van der Waals surface area (Å²) in [7, 11) is 0. The molecule has 0 aliphatic heterocycles. The number of ether oxygens (including phenoxy) is 2. The first-order valence-corrected chi connectivity index (χ1v) is 9.77. The van der Waals surface area contributed by atoms with Crippen LogP contribution in [-0.2, 0) is 11.2 Å². The average molecular weight is 338 g/mol. The minimum Gasteiger partial charge on any atom is -0.461 e. The molecular weight excluding hydrogens is 308 g/mol. The lowest BCUT2D eigenvalue weighted by Gasteiger charge is -2.24. The molecule has 1 atom stereocenters. The van der Waals surface area contributed by atoms with E-state index in [0.29, 0.717) is 0 Å². The second-order valence-corrected chi connectivity index (χ2v) is 7.02. The summed E-state index contributed by atoms with van der Waals surface area (Å²) in [4.78, 5) is 0. The van der Waals surface area contributed by atoms with Crippen LogP contribution in [0.1, 0.15) is 62.9 Å². The maximum Gasteiger partial charge on any atom is 0.226 e. The number of aryl methyl sites for hydroxylation is 1. The van der Waals surface area contributed by atoms with Crippen LogP contribution < -0.4 is 4.74 Å². The fourth-order valence-corrected chi connectivity index (χ4v) is 3.55. The van der Waals surface area contributed by atoms with Gasteiger partial charge < -0.3 is 9.47 Å². The van der Waals surface area contributed by atoms with Crippen molar-refractivity contribution in [2.24, 2.45) is 5.92 Å². The normalized spacial score (nSPS) is 16.5. The van der Waals surface area contributed by atoms with Gasteiger partial charge in [-0.05, 0) is 36.5 Å². The van der Waals surface area contributed by atoms with Crippen LogP contribution in [0.4, 0.5) is 0 Å². The summed E-state index contributed by atoms with van der Waals surface area (Å²) in [6, 6.07) is 18.6. The molecule has 0 aromatic heterocycles. The zero-order valence-corrected chi connectivity index (χ0v) is 15.3. The van der Waals surface area contributed by atoms with E-state index in [1.807, 2.05) is 30.3 Å². The third-order valence-corrected chi connectivity index (χ3v) is 5.17. The van der Waals surface area contributed by atoms with Crippen LogP contribution in [0.25, 0.3) is 0 Å². The van der Waals surface area contributed by atoms with E-state index in [2.05, 4.69) is 31.2 Å². The van der Waals surface area contributed by atoms with Gasteiger partial charge in [-0.3, -0.25) is 0 Å². The van der Waals surface area contributed by atoms with Crippen molar-refractivity contribution >= 4 is 0 Å². The third kappa shape index (κ3) is 5.61. The van der Waals surface area contributed by atoms with Crippen LogP contribution in [0, 0.1) is 5.92 Å². The Balaban J connectivity index is 1.60. The molecule has 3 rings (SSSR count). The average Bonchev–Trinajstić information content (AvgIpc) is 2.69. The summed E-state index contributed by atoms with van der Waals surface area (Å²) < 4.78 is 12.3. The predicted octanol–water partition coefficient (Wildman–Crippen LogP) is 6.31. The molecule has 0 amide bonds. The molecule has 1 fully saturated rings. The summed E-state index contributed by atoms with van der Waals surface area (Å²) in [6.07, 6.45) is 8.73. The number of rotatable bonds is 8. The van der Waals surface area contributed by atoms with Gasteiger partial charge in [0.1, 0.15) is 5.75 Å². The van der Waals surface area contributed by atoms with Crippen molar-refractivity contribution in [3.8, 4) is 5.75 Å². The molecule has 2 heteroatoms. The van der Waals surface area contributed by atoms with Gasteiger partial charge in [0.15, 0.2) is 0 Å². The van der Waals surface area contributed by atoms with Gasteiger partial charge in [-0.15, -0.1) is 0 Å². The van der Waals surface area contributed by atoms with Crippen LogP contribution in [-0.4, -0.2) is 6.61 Å². The summed E-state index contributed by atoms with van der Waals surface area (Å²) in [5.41, 5.74) is 2.40. The van der Waals surface area contributed by atoms with Gasteiger partial charge in [-0.1, -0.05) is 81.5 Å². The van der Waals surface area contributed by atoms with Crippen molar-refractivity contribution < 1.29 is 9.47 Å². The molecule has 2 nitrogen and oxygen atoms in total. The van der Waals surface area contributed by atoms with E-state index in [1.165, 1.54) is 37.7 Å². The number of hydrogen-bond acceptors (Lipinski definition) is 2. The lowest BCUT2D eigenvalue weighted by molar-refractivity contribution is -0.0878. The minimum atomic E-state index is -0.336. The highest BCUT2D eigenvalue weighted by atomic mass is 16.7. The van der Waals surface area contributed by atoms with E-state index in [9.17, 15) is 0 Å². The van der Waals surface area contributed by atoms with Gasteiger partial charge in [0.05, 0.1) is 6.61 Å². The van der Waals surface area contributed by atoms with Gasteiger partial charge in [-0.2, -0.15) is 0 Å². The third-order valence-electron chi connectivity index (χ3n) is 5.17.